The molecule has 0 aliphatic rings. The van der Waals surface area contributed by atoms with Gasteiger partial charge in [-0.2, -0.15) is 0 Å². The Morgan fingerprint density at radius 3 is 2.46 bits per heavy atom. The quantitative estimate of drug-likeness (QED) is 0.766. The van der Waals surface area contributed by atoms with E-state index >= 15 is 0 Å². The molecule has 1 aromatic carbocycles. The standard InChI is InChI=1S/C10H13FO2/c1-13-10(7-12)6-8-2-4-9(11)5-3-8/h2-5,10,12H,6-7H2,1H3. The van der Waals surface area contributed by atoms with Gasteiger partial charge in [0.2, 0.25) is 0 Å². The van der Waals surface area contributed by atoms with Crippen LogP contribution in [-0.4, -0.2) is 24.9 Å². The Kier molecular flexibility index (Phi) is 3.86. The Morgan fingerprint density at radius 2 is 2.00 bits per heavy atom. The smallest absolute Gasteiger partial charge is 0.123 e. The number of rotatable bonds is 4. The normalized spacial score (nSPS) is 12.8. The monoisotopic (exact) mass is 184 g/mol. The van der Waals surface area contributed by atoms with Gasteiger partial charge in [0, 0.05) is 13.5 Å². The van der Waals surface area contributed by atoms with Crippen LogP contribution in [0.3, 0.4) is 0 Å². The van der Waals surface area contributed by atoms with Crippen LogP contribution in [0.2, 0.25) is 0 Å². The Bertz CT molecular complexity index is 242. The highest BCUT2D eigenvalue weighted by Gasteiger charge is 2.06. The van der Waals surface area contributed by atoms with Crippen LogP contribution < -0.4 is 0 Å². The first-order valence-electron chi connectivity index (χ1n) is 4.14. The van der Waals surface area contributed by atoms with Gasteiger partial charge in [0.1, 0.15) is 5.82 Å². The zero-order valence-corrected chi connectivity index (χ0v) is 7.53. The molecule has 1 rings (SSSR count). The maximum atomic E-state index is 12.5. The Hall–Kier alpha value is -0.930. The molecule has 3 heteroatoms. The molecule has 0 amide bonds. The molecule has 2 nitrogen and oxygen atoms in total. The Morgan fingerprint density at radius 1 is 1.38 bits per heavy atom. The Balaban J connectivity index is 2.58. The summed E-state index contributed by atoms with van der Waals surface area (Å²) in [6.45, 7) is -0.0200. The third-order valence-corrected chi connectivity index (χ3v) is 1.91. The van der Waals surface area contributed by atoms with E-state index < -0.39 is 0 Å². The van der Waals surface area contributed by atoms with Gasteiger partial charge in [-0.05, 0) is 17.7 Å². The molecule has 72 valence electrons. The number of ether oxygens (including phenoxy) is 1. The maximum Gasteiger partial charge on any atom is 0.123 e. The van der Waals surface area contributed by atoms with Crippen LogP contribution in [0.1, 0.15) is 5.56 Å². The molecule has 1 aromatic rings. The van der Waals surface area contributed by atoms with Crippen LogP contribution in [0.4, 0.5) is 4.39 Å². The molecule has 0 aromatic heterocycles. The number of halogens is 1. The predicted molar refractivity (Wildman–Crippen MR) is 48.0 cm³/mol. The number of benzene rings is 1. The van der Waals surface area contributed by atoms with E-state index in [0.29, 0.717) is 6.42 Å². The summed E-state index contributed by atoms with van der Waals surface area (Å²) in [5.74, 6) is -0.248. The molecule has 0 spiro atoms. The molecule has 0 radical (unpaired) electrons. The summed E-state index contributed by atoms with van der Waals surface area (Å²) < 4.78 is 17.5. The minimum Gasteiger partial charge on any atom is -0.394 e. The second kappa shape index (κ2) is 4.94. The second-order valence-electron chi connectivity index (χ2n) is 2.87. The molecule has 0 heterocycles. The molecule has 13 heavy (non-hydrogen) atoms. The van der Waals surface area contributed by atoms with E-state index in [0.717, 1.165) is 5.56 Å². The van der Waals surface area contributed by atoms with E-state index in [9.17, 15) is 4.39 Å². The van der Waals surface area contributed by atoms with Crippen LogP contribution >= 0.6 is 0 Å². The van der Waals surface area contributed by atoms with Crippen molar-refractivity contribution in [3.8, 4) is 0 Å². The van der Waals surface area contributed by atoms with Gasteiger partial charge in [0.05, 0.1) is 12.7 Å². The lowest BCUT2D eigenvalue weighted by Gasteiger charge is -2.11. The lowest BCUT2D eigenvalue weighted by molar-refractivity contribution is 0.0495. The first-order valence-corrected chi connectivity index (χ1v) is 4.14. The van der Waals surface area contributed by atoms with E-state index in [4.69, 9.17) is 9.84 Å². The van der Waals surface area contributed by atoms with Crippen molar-refractivity contribution >= 4 is 0 Å². The molecule has 1 unspecified atom stereocenters. The van der Waals surface area contributed by atoms with Crippen LogP contribution in [0.15, 0.2) is 24.3 Å². The van der Waals surface area contributed by atoms with Gasteiger partial charge in [-0.3, -0.25) is 0 Å². The first-order chi connectivity index (χ1) is 6.26. The summed E-state index contributed by atoms with van der Waals surface area (Å²) in [6, 6.07) is 6.19. The summed E-state index contributed by atoms with van der Waals surface area (Å²) in [5, 5.41) is 8.84. The van der Waals surface area contributed by atoms with Crippen LogP contribution in [0.25, 0.3) is 0 Å². The molecular weight excluding hydrogens is 171 g/mol. The van der Waals surface area contributed by atoms with Crippen molar-refractivity contribution in [1.29, 1.82) is 0 Å². The molecule has 1 N–H and O–H groups in total. The molecule has 0 fully saturated rings. The average molecular weight is 184 g/mol. The number of methoxy groups -OCH3 is 1. The molecule has 0 saturated heterocycles. The van der Waals surface area contributed by atoms with Crippen LogP contribution in [0, 0.1) is 5.82 Å². The van der Waals surface area contributed by atoms with E-state index in [1.807, 2.05) is 0 Å². The third kappa shape index (κ3) is 3.13. The zero-order chi connectivity index (χ0) is 9.68. The molecule has 0 bridgehead atoms. The van der Waals surface area contributed by atoms with Gasteiger partial charge < -0.3 is 9.84 Å². The molecule has 0 aliphatic carbocycles. The number of aliphatic hydroxyl groups excluding tert-OH is 1. The van der Waals surface area contributed by atoms with Crippen molar-refractivity contribution in [2.24, 2.45) is 0 Å². The fourth-order valence-electron chi connectivity index (χ4n) is 1.11. The summed E-state index contributed by atoms with van der Waals surface area (Å²) >= 11 is 0. The molecule has 0 saturated carbocycles. The number of hydrogen-bond donors (Lipinski definition) is 1. The van der Waals surface area contributed by atoms with Crippen LogP contribution in [-0.2, 0) is 11.2 Å². The lowest BCUT2D eigenvalue weighted by Crippen LogP contribution is -2.18. The molecule has 0 aliphatic heterocycles. The van der Waals surface area contributed by atoms with E-state index in [-0.39, 0.29) is 18.5 Å². The highest BCUT2D eigenvalue weighted by molar-refractivity contribution is 5.16. The summed E-state index contributed by atoms with van der Waals surface area (Å²) in [7, 11) is 1.55. The van der Waals surface area contributed by atoms with Crippen molar-refractivity contribution in [3.63, 3.8) is 0 Å². The van der Waals surface area contributed by atoms with E-state index in [2.05, 4.69) is 0 Å². The van der Waals surface area contributed by atoms with Gasteiger partial charge in [-0.25, -0.2) is 4.39 Å². The van der Waals surface area contributed by atoms with Gasteiger partial charge >= 0.3 is 0 Å². The zero-order valence-electron chi connectivity index (χ0n) is 7.53. The van der Waals surface area contributed by atoms with E-state index in [1.54, 1.807) is 19.2 Å². The first kappa shape index (κ1) is 10.2. The molecule has 1 atom stereocenters. The summed E-state index contributed by atoms with van der Waals surface area (Å²) in [5.41, 5.74) is 0.960. The summed E-state index contributed by atoms with van der Waals surface area (Å²) in [6.07, 6.45) is 0.401. The topological polar surface area (TPSA) is 29.5 Å². The Labute approximate surface area is 77.0 Å². The third-order valence-electron chi connectivity index (χ3n) is 1.91. The predicted octanol–water partition coefficient (Wildman–Crippen LogP) is 1.38. The van der Waals surface area contributed by atoms with Crippen molar-refractivity contribution in [2.75, 3.05) is 13.7 Å². The minimum atomic E-state index is -0.248. The van der Waals surface area contributed by atoms with Gasteiger partial charge in [-0.1, -0.05) is 12.1 Å². The van der Waals surface area contributed by atoms with Crippen molar-refractivity contribution in [3.05, 3.63) is 35.6 Å². The lowest BCUT2D eigenvalue weighted by atomic mass is 10.1. The maximum absolute atomic E-state index is 12.5. The van der Waals surface area contributed by atoms with Crippen molar-refractivity contribution < 1.29 is 14.2 Å². The van der Waals surface area contributed by atoms with Crippen molar-refractivity contribution in [2.45, 2.75) is 12.5 Å². The minimum absolute atomic E-state index is 0.0200. The van der Waals surface area contributed by atoms with Crippen LogP contribution in [0.5, 0.6) is 0 Å². The van der Waals surface area contributed by atoms with E-state index in [1.165, 1.54) is 12.1 Å². The largest absolute Gasteiger partial charge is 0.394 e. The SMILES string of the molecule is COC(CO)Cc1ccc(F)cc1. The number of hydrogen-bond acceptors (Lipinski definition) is 2. The molecular formula is C10H13FO2. The fraction of sp³-hybridized carbons (Fsp3) is 0.400. The average Bonchev–Trinajstić information content (AvgIpc) is 2.17. The highest BCUT2D eigenvalue weighted by atomic mass is 19.1. The van der Waals surface area contributed by atoms with Gasteiger partial charge in [0.15, 0.2) is 0 Å². The highest BCUT2D eigenvalue weighted by Crippen LogP contribution is 2.06. The summed E-state index contributed by atoms with van der Waals surface area (Å²) in [4.78, 5) is 0. The fourth-order valence-corrected chi connectivity index (χ4v) is 1.11. The number of aliphatic hydroxyl groups is 1. The van der Waals surface area contributed by atoms with Crippen molar-refractivity contribution in [1.82, 2.24) is 0 Å². The van der Waals surface area contributed by atoms with Gasteiger partial charge in [-0.15, -0.1) is 0 Å². The second-order valence-corrected chi connectivity index (χ2v) is 2.87. The van der Waals surface area contributed by atoms with Gasteiger partial charge in [0.25, 0.3) is 0 Å².